The van der Waals surface area contributed by atoms with E-state index in [9.17, 15) is 9.50 Å². The van der Waals surface area contributed by atoms with Crippen LogP contribution in [0.15, 0.2) is 24.3 Å². The summed E-state index contributed by atoms with van der Waals surface area (Å²) in [5.41, 5.74) is 1.04. The van der Waals surface area contributed by atoms with Gasteiger partial charge in [-0.25, -0.2) is 4.39 Å². The van der Waals surface area contributed by atoms with Gasteiger partial charge in [0.2, 0.25) is 0 Å². The van der Waals surface area contributed by atoms with Crippen molar-refractivity contribution in [2.75, 3.05) is 20.1 Å². The van der Waals surface area contributed by atoms with Gasteiger partial charge in [0.15, 0.2) is 0 Å². The predicted octanol–water partition coefficient (Wildman–Crippen LogP) is 1.61. The third kappa shape index (κ3) is 2.36. The standard InChI is InChI=1S/C12H16FNO/c1-14-7-6-11(12(15)8-14)9-2-4-10(13)5-3-9/h2-5,11-12,15H,6-8H2,1H3/t11-,12+/m0/s1. The lowest BCUT2D eigenvalue weighted by atomic mass is 9.87. The number of hydrogen-bond acceptors (Lipinski definition) is 2. The summed E-state index contributed by atoms with van der Waals surface area (Å²) in [7, 11) is 2.00. The maximum Gasteiger partial charge on any atom is 0.123 e. The van der Waals surface area contributed by atoms with Crippen molar-refractivity contribution in [1.29, 1.82) is 0 Å². The van der Waals surface area contributed by atoms with E-state index < -0.39 is 0 Å². The zero-order chi connectivity index (χ0) is 10.8. The van der Waals surface area contributed by atoms with Gasteiger partial charge in [0.25, 0.3) is 0 Å². The topological polar surface area (TPSA) is 23.5 Å². The van der Waals surface area contributed by atoms with Crippen LogP contribution in [0.4, 0.5) is 4.39 Å². The van der Waals surface area contributed by atoms with Gasteiger partial charge in [0.05, 0.1) is 6.10 Å². The zero-order valence-corrected chi connectivity index (χ0v) is 8.86. The van der Waals surface area contributed by atoms with E-state index in [-0.39, 0.29) is 17.8 Å². The van der Waals surface area contributed by atoms with Crippen molar-refractivity contribution in [2.24, 2.45) is 0 Å². The van der Waals surface area contributed by atoms with Gasteiger partial charge in [0, 0.05) is 12.5 Å². The molecule has 1 heterocycles. The highest BCUT2D eigenvalue weighted by molar-refractivity contribution is 5.22. The van der Waals surface area contributed by atoms with Crippen molar-refractivity contribution in [3.05, 3.63) is 35.6 Å². The van der Waals surface area contributed by atoms with Gasteiger partial charge in [-0.2, -0.15) is 0 Å². The second kappa shape index (κ2) is 4.29. The van der Waals surface area contributed by atoms with Crippen molar-refractivity contribution in [3.8, 4) is 0 Å². The van der Waals surface area contributed by atoms with Crippen LogP contribution in [0.3, 0.4) is 0 Å². The molecule has 2 atom stereocenters. The number of β-amino-alcohol motifs (C(OH)–C–C–N with tert-alkyl or cyclic N) is 1. The van der Waals surface area contributed by atoms with Crippen molar-refractivity contribution >= 4 is 0 Å². The fourth-order valence-corrected chi connectivity index (χ4v) is 2.19. The molecule has 0 spiro atoms. The Kier molecular flexibility index (Phi) is 3.03. The van der Waals surface area contributed by atoms with E-state index in [2.05, 4.69) is 4.90 Å². The molecule has 1 saturated heterocycles. The van der Waals surface area contributed by atoms with Crippen molar-refractivity contribution in [2.45, 2.75) is 18.4 Å². The van der Waals surface area contributed by atoms with E-state index >= 15 is 0 Å². The molecule has 0 amide bonds. The molecule has 1 aliphatic rings. The highest BCUT2D eigenvalue weighted by Crippen LogP contribution is 2.27. The Morgan fingerprint density at radius 2 is 2.00 bits per heavy atom. The lowest BCUT2D eigenvalue weighted by Gasteiger charge is -2.33. The first-order valence-electron chi connectivity index (χ1n) is 5.29. The summed E-state index contributed by atoms with van der Waals surface area (Å²) >= 11 is 0. The Morgan fingerprint density at radius 1 is 1.33 bits per heavy atom. The second-order valence-electron chi connectivity index (χ2n) is 4.28. The van der Waals surface area contributed by atoms with Crippen LogP contribution in [-0.2, 0) is 0 Å². The summed E-state index contributed by atoms with van der Waals surface area (Å²) in [5.74, 6) is -0.0667. The minimum Gasteiger partial charge on any atom is -0.391 e. The molecule has 0 aliphatic carbocycles. The van der Waals surface area contributed by atoms with Crippen molar-refractivity contribution in [1.82, 2.24) is 4.90 Å². The maximum atomic E-state index is 12.7. The predicted molar refractivity (Wildman–Crippen MR) is 57.3 cm³/mol. The molecule has 1 aliphatic heterocycles. The first kappa shape index (κ1) is 10.6. The summed E-state index contributed by atoms with van der Waals surface area (Å²) < 4.78 is 12.7. The first-order valence-corrected chi connectivity index (χ1v) is 5.29. The van der Waals surface area contributed by atoms with Crippen LogP contribution in [0.5, 0.6) is 0 Å². The molecule has 0 bridgehead atoms. The molecule has 0 saturated carbocycles. The summed E-state index contributed by atoms with van der Waals surface area (Å²) in [6.07, 6.45) is 0.595. The normalized spacial score (nSPS) is 27.9. The average molecular weight is 209 g/mol. The molecule has 82 valence electrons. The summed E-state index contributed by atoms with van der Waals surface area (Å²) in [6.45, 7) is 1.68. The Labute approximate surface area is 89.3 Å². The minimum atomic E-state index is -0.339. The lowest BCUT2D eigenvalue weighted by molar-refractivity contribution is 0.0638. The lowest BCUT2D eigenvalue weighted by Crippen LogP contribution is -2.40. The molecular formula is C12H16FNO. The molecule has 1 aromatic rings. The van der Waals surface area contributed by atoms with Gasteiger partial charge >= 0.3 is 0 Å². The van der Waals surface area contributed by atoms with Crippen molar-refractivity contribution in [3.63, 3.8) is 0 Å². The van der Waals surface area contributed by atoms with Crippen LogP contribution < -0.4 is 0 Å². The number of halogens is 1. The van der Waals surface area contributed by atoms with Gasteiger partial charge in [-0.1, -0.05) is 12.1 Å². The third-order valence-corrected chi connectivity index (χ3v) is 3.08. The Balaban J connectivity index is 2.13. The summed E-state index contributed by atoms with van der Waals surface area (Å²) in [4.78, 5) is 2.12. The number of benzene rings is 1. The maximum absolute atomic E-state index is 12.7. The van der Waals surface area contributed by atoms with Crippen LogP contribution in [-0.4, -0.2) is 36.2 Å². The van der Waals surface area contributed by atoms with E-state index in [1.54, 1.807) is 12.1 Å². The molecule has 1 N–H and O–H groups in total. The minimum absolute atomic E-state index is 0.154. The van der Waals surface area contributed by atoms with Crippen LogP contribution in [0.25, 0.3) is 0 Å². The number of aliphatic hydroxyl groups is 1. The molecule has 1 fully saturated rings. The Morgan fingerprint density at radius 3 is 2.60 bits per heavy atom. The third-order valence-electron chi connectivity index (χ3n) is 3.08. The first-order chi connectivity index (χ1) is 7.16. The average Bonchev–Trinajstić information content (AvgIpc) is 2.20. The highest BCUT2D eigenvalue weighted by atomic mass is 19.1. The van der Waals surface area contributed by atoms with Gasteiger partial charge < -0.3 is 10.0 Å². The van der Waals surface area contributed by atoms with Gasteiger partial charge in [0.1, 0.15) is 5.82 Å². The monoisotopic (exact) mass is 209 g/mol. The van der Waals surface area contributed by atoms with E-state index in [0.29, 0.717) is 6.54 Å². The molecular weight excluding hydrogens is 193 g/mol. The number of likely N-dealkylation sites (tertiary alicyclic amines) is 1. The summed E-state index contributed by atoms with van der Waals surface area (Å²) in [6, 6.07) is 6.46. The smallest absolute Gasteiger partial charge is 0.123 e. The van der Waals surface area contributed by atoms with Crippen LogP contribution >= 0.6 is 0 Å². The summed E-state index contributed by atoms with van der Waals surface area (Å²) in [5, 5.41) is 9.93. The number of hydrogen-bond donors (Lipinski definition) is 1. The van der Waals surface area contributed by atoms with E-state index in [4.69, 9.17) is 0 Å². The molecule has 0 unspecified atom stereocenters. The SMILES string of the molecule is CN1CC[C@@H](c2ccc(F)cc2)[C@H](O)C1. The van der Waals surface area contributed by atoms with Crippen LogP contribution in [0, 0.1) is 5.82 Å². The Bertz CT molecular complexity index is 325. The molecule has 3 heteroatoms. The fraction of sp³-hybridized carbons (Fsp3) is 0.500. The van der Waals surface area contributed by atoms with Gasteiger partial charge in [-0.05, 0) is 37.7 Å². The largest absolute Gasteiger partial charge is 0.391 e. The molecule has 15 heavy (non-hydrogen) atoms. The number of rotatable bonds is 1. The second-order valence-corrected chi connectivity index (χ2v) is 4.28. The highest BCUT2D eigenvalue weighted by Gasteiger charge is 2.26. The molecule has 1 aromatic carbocycles. The van der Waals surface area contributed by atoms with Crippen molar-refractivity contribution < 1.29 is 9.50 Å². The van der Waals surface area contributed by atoms with Crippen LogP contribution in [0.1, 0.15) is 17.9 Å². The molecule has 2 rings (SSSR count). The zero-order valence-electron chi connectivity index (χ0n) is 8.86. The molecule has 2 nitrogen and oxygen atoms in total. The van der Waals surface area contributed by atoms with E-state index in [1.807, 2.05) is 7.05 Å². The van der Waals surface area contributed by atoms with Gasteiger partial charge in [-0.15, -0.1) is 0 Å². The molecule has 0 aromatic heterocycles. The fourth-order valence-electron chi connectivity index (χ4n) is 2.19. The Hall–Kier alpha value is -0.930. The number of likely N-dealkylation sites (N-methyl/N-ethyl adjacent to an activating group) is 1. The molecule has 0 radical (unpaired) electrons. The van der Waals surface area contributed by atoms with E-state index in [0.717, 1.165) is 18.5 Å². The van der Waals surface area contributed by atoms with Crippen LogP contribution in [0.2, 0.25) is 0 Å². The number of nitrogens with zero attached hydrogens (tertiary/aromatic N) is 1. The quantitative estimate of drug-likeness (QED) is 0.759. The van der Waals surface area contributed by atoms with Gasteiger partial charge in [-0.3, -0.25) is 0 Å². The number of aliphatic hydroxyl groups excluding tert-OH is 1. The number of piperidine rings is 1. The van der Waals surface area contributed by atoms with E-state index in [1.165, 1.54) is 12.1 Å².